The summed E-state index contributed by atoms with van der Waals surface area (Å²) in [5.41, 5.74) is 0.919. The first kappa shape index (κ1) is 13.8. The SMILES string of the molecule is COc1cc(C(O)C(O)CCS)ccc1C#N. The molecule has 0 saturated heterocycles. The number of hydrogen-bond acceptors (Lipinski definition) is 5. The van der Waals surface area contributed by atoms with Crippen LogP contribution < -0.4 is 4.74 Å². The number of aliphatic hydroxyl groups is 2. The Morgan fingerprint density at radius 3 is 2.71 bits per heavy atom. The van der Waals surface area contributed by atoms with E-state index in [2.05, 4.69) is 12.6 Å². The molecule has 0 fully saturated rings. The van der Waals surface area contributed by atoms with Crippen molar-refractivity contribution in [1.82, 2.24) is 0 Å². The molecule has 5 heteroatoms. The van der Waals surface area contributed by atoms with Gasteiger partial charge in [0.2, 0.25) is 0 Å². The normalized spacial score (nSPS) is 13.8. The first-order chi connectivity index (χ1) is 8.13. The van der Waals surface area contributed by atoms with E-state index in [9.17, 15) is 10.2 Å². The van der Waals surface area contributed by atoms with Crippen LogP contribution >= 0.6 is 12.6 Å². The van der Waals surface area contributed by atoms with Crippen LogP contribution in [0.15, 0.2) is 18.2 Å². The number of rotatable bonds is 5. The minimum absolute atomic E-state index is 0.391. The molecule has 2 unspecified atom stereocenters. The average molecular weight is 253 g/mol. The second kappa shape index (κ2) is 6.50. The van der Waals surface area contributed by atoms with E-state index < -0.39 is 12.2 Å². The van der Waals surface area contributed by atoms with Crippen molar-refractivity contribution in [2.75, 3.05) is 12.9 Å². The lowest BCUT2D eigenvalue weighted by Gasteiger charge is -2.18. The van der Waals surface area contributed by atoms with E-state index >= 15 is 0 Å². The molecule has 0 aliphatic rings. The molecule has 0 amide bonds. The number of thiol groups is 1. The highest BCUT2D eigenvalue weighted by atomic mass is 32.1. The van der Waals surface area contributed by atoms with Gasteiger partial charge in [-0.1, -0.05) is 6.07 Å². The number of benzene rings is 1. The van der Waals surface area contributed by atoms with E-state index in [4.69, 9.17) is 10.00 Å². The monoisotopic (exact) mass is 253 g/mol. The molecular weight excluding hydrogens is 238 g/mol. The van der Waals surface area contributed by atoms with Gasteiger partial charge in [0.15, 0.2) is 0 Å². The van der Waals surface area contributed by atoms with Gasteiger partial charge in [0.25, 0.3) is 0 Å². The smallest absolute Gasteiger partial charge is 0.136 e. The maximum Gasteiger partial charge on any atom is 0.136 e. The predicted molar refractivity (Wildman–Crippen MR) is 67.1 cm³/mol. The number of aliphatic hydroxyl groups excluding tert-OH is 2. The van der Waals surface area contributed by atoms with Gasteiger partial charge in [0, 0.05) is 0 Å². The Bertz CT molecular complexity index is 417. The largest absolute Gasteiger partial charge is 0.495 e. The van der Waals surface area contributed by atoms with E-state index in [1.807, 2.05) is 6.07 Å². The molecule has 4 nitrogen and oxygen atoms in total. The van der Waals surface area contributed by atoms with Crippen LogP contribution in [0.25, 0.3) is 0 Å². The number of hydrogen-bond donors (Lipinski definition) is 3. The summed E-state index contributed by atoms with van der Waals surface area (Å²) in [4.78, 5) is 0. The molecule has 0 heterocycles. The molecule has 0 saturated carbocycles. The minimum Gasteiger partial charge on any atom is -0.495 e. The van der Waals surface area contributed by atoms with Gasteiger partial charge in [-0.25, -0.2) is 0 Å². The third kappa shape index (κ3) is 3.37. The molecule has 0 bridgehead atoms. The molecule has 17 heavy (non-hydrogen) atoms. The van der Waals surface area contributed by atoms with Gasteiger partial charge in [-0.3, -0.25) is 0 Å². The van der Waals surface area contributed by atoms with Gasteiger partial charge >= 0.3 is 0 Å². The standard InChI is InChI=1S/C12H15NO3S/c1-16-11-6-8(2-3-9(11)7-13)12(15)10(14)4-5-17/h2-3,6,10,12,14-15,17H,4-5H2,1H3. The number of nitriles is 1. The molecule has 1 rings (SSSR count). The van der Waals surface area contributed by atoms with E-state index in [0.29, 0.717) is 29.1 Å². The first-order valence-corrected chi connectivity index (χ1v) is 5.82. The molecule has 92 valence electrons. The maximum atomic E-state index is 9.88. The van der Waals surface area contributed by atoms with Crippen LogP contribution in [-0.2, 0) is 0 Å². The summed E-state index contributed by atoms with van der Waals surface area (Å²) in [5.74, 6) is 0.883. The molecule has 1 aromatic carbocycles. The summed E-state index contributed by atoms with van der Waals surface area (Å²) < 4.78 is 5.04. The molecule has 0 aliphatic carbocycles. The fourth-order valence-electron chi connectivity index (χ4n) is 1.50. The summed E-state index contributed by atoms with van der Waals surface area (Å²) in [6.45, 7) is 0. The summed E-state index contributed by atoms with van der Waals surface area (Å²) >= 11 is 4.00. The van der Waals surface area contributed by atoms with Gasteiger partial charge in [0.1, 0.15) is 17.9 Å². The molecule has 2 atom stereocenters. The van der Waals surface area contributed by atoms with Crippen LogP contribution in [0, 0.1) is 11.3 Å². The Morgan fingerprint density at radius 1 is 1.47 bits per heavy atom. The highest BCUT2D eigenvalue weighted by Crippen LogP contribution is 2.26. The molecule has 0 radical (unpaired) electrons. The summed E-state index contributed by atoms with van der Waals surface area (Å²) in [6, 6.07) is 6.71. The van der Waals surface area contributed by atoms with Crippen molar-refractivity contribution in [3.63, 3.8) is 0 Å². The van der Waals surface area contributed by atoms with Crippen molar-refractivity contribution in [2.24, 2.45) is 0 Å². The van der Waals surface area contributed by atoms with E-state index in [1.165, 1.54) is 7.11 Å². The Hall–Kier alpha value is -1.22. The lowest BCUT2D eigenvalue weighted by Crippen LogP contribution is -2.18. The highest BCUT2D eigenvalue weighted by molar-refractivity contribution is 7.80. The zero-order chi connectivity index (χ0) is 12.8. The van der Waals surface area contributed by atoms with Crippen LogP contribution in [0.1, 0.15) is 23.7 Å². The lowest BCUT2D eigenvalue weighted by molar-refractivity contribution is 0.0171. The van der Waals surface area contributed by atoms with Gasteiger partial charge in [-0.2, -0.15) is 17.9 Å². The summed E-state index contributed by atoms with van der Waals surface area (Å²) in [5, 5.41) is 28.4. The second-order valence-corrected chi connectivity index (χ2v) is 4.04. The Balaban J connectivity index is 2.96. The van der Waals surface area contributed by atoms with E-state index in [0.717, 1.165) is 0 Å². The molecule has 1 aromatic rings. The highest BCUT2D eigenvalue weighted by Gasteiger charge is 2.18. The van der Waals surface area contributed by atoms with Crippen LogP contribution in [0.2, 0.25) is 0 Å². The third-order valence-electron chi connectivity index (χ3n) is 2.48. The van der Waals surface area contributed by atoms with Crippen molar-refractivity contribution in [3.05, 3.63) is 29.3 Å². The fourth-order valence-corrected chi connectivity index (χ4v) is 1.76. The number of nitrogens with zero attached hydrogens (tertiary/aromatic N) is 1. The Labute approximate surface area is 106 Å². The van der Waals surface area contributed by atoms with Crippen LogP contribution in [0.5, 0.6) is 5.75 Å². The van der Waals surface area contributed by atoms with Gasteiger partial charge in [0.05, 0.1) is 18.8 Å². The van der Waals surface area contributed by atoms with E-state index in [1.54, 1.807) is 18.2 Å². The number of ether oxygens (including phenoxy) is 1. The van der Waals surface area contributed by atoms with Crippen molar-refractivity contribution in [3.8, 4) is 11.8 Å². The minimum atomic E-state index is -0.996. The van der Waals surface area contributed by atoms with Gasteiger partial charge in [-0.05, 0) is 29.9 Å². The summed E-state index contributed by atoms with van der Waals surface area (Å²) in [6.07, 6.45) is -1.47. The maximum absolute atomic E-state index is 9.88. The second-order valence-electron chi connectivity index (χ2n) is 3.60. The Kier molecular flexibility index (Phi) is 5.29. The fraction of sp³-hybridized carbons (Fsp3) is 0.417. The third-order valence-corrected chi connectivity index (χ3v) is 2.74. The lowest BCUT2D eigenvalue weighted by atomic mass is 10.0. The zero-order valence-electron chi connectivity index (χ0n) is 9.50. The van der Waals surface area contributed by atoms with E-state index in [-0.39, 0.29) is 0 Å². The molecule has 0 spiro atoms. The zero-order valence-corrected chi connectivity index (χ0v) is 10.4. The molecule has 0 aromatic heterocycles. The van der Waals surface area contributed by atoms with Crippen molar-refractivity contribution >= 4 is 12.6 Å². The molecule has 0 aliphatic heterocycles. The van der Waals surface area contributed by atoms with Crippen molar-refractivity contribution in [1.29, 1.82) is 5.26 Å². The molecular formula is C12H15NO3S. The molecule has 2 N–H and O–H groups in total. The summed E-state index contributed by atoms with van der Waals surface area (Å²) in [7, 11) is 1.45. The van der Waals surface area contributed by atoms with Gasteiger partial charge in [-0.15, -0.1) is 0 Å². The Morgan fingerprint density at radius 2 is 2.18 bits per heavy atom. The predicted octanol–water partition coefficient (Wildman–Crippen LogP) is 1.28. The van der Waals surface area contributed by atoms with Crippen LogP contribution in [-0.4, -0.2) is 29.2 Å². The van der Waals surface area contributed by atoms with Crippen LogP contribution in [0.3, 0.4) is 0 Å². The van der Waals surface area contributed by atoms with Crippen molar-refractivity contribution < 1.29 is 14.9 Å². The van der Waals surface area contributed by atoms with Crippen molar-refractivity contribution in [2.45, 2.75) is 18.6 Å². The van der Waals surface area contributed by atoms with Crippen LogP contribution in [0.4, 0.5) is 0 Å². The average Bonchev–Trinajstić information content (AvgIpc) is 2.37. The first-order valence-electron chi connectivity index (χ1n) is 5.19. The topological polar surface area (TPSA) is 73.5 Å². The number of methoxy groups -OCH3 is 1. The van der Waals surface area contributed by atoms with Gasteiger partial charge < -0.3 is 14.9 Å². The quantitative estimate of drug-likeness (QED) is 0.691.